The summed E-state index contributed by atoms with van der Waals surface area (Å²) in [4.78, 5) is 5.14. The third kappa shape index (κ3) is 4.33. The van der Waals surface area contributed by atoms with Gasteiger partial charge in [0, 0.05) is 12.3 Å². The number of nitrogens with zero attached hydrogens (tertiary/aromatic N) is 1. The Morgan fingerprint density at radius 3 is 2.48 bits per heavy atom. The van der Waals surface area contributed by atoms with Gasteiger partial charge in [-0.3, -0.25) is 4.98 Å². The van der Waals surface area contributed by atoms with Crippen molar-refractivity contribution in [3.63, 3.8) is 0 Å². The fraction of sp³-hybridized carbons (Fsp3) is 0.211. The van der Waals surface area contributed by atoms with Crippen molar-refractivity contribution < 1.29 is 9.47 Å². The van der Waals surface area contributed by atoms with Gasteiger partial charge in [-0.05, 0) is 35.7 Å². The topological polar surface area (TPSA) is 31.4 Å². The molecule has 0 aliphatic heterocycles. The molecule has 0 N–H and O–H groups in total. The predicted octanol–water partition coefficient (Wildman–Crippen LogP) is 5.64. The molecular weight excluding hydrogens is 306 g/mol. The molecule has 0 amide bonds. The fourth-order valence-electron chi connectivity index (χ4n) is 2.15. The molecule has 0 spiro atoms. The average molecular weight is 325 g/mol. The second-order valence-corrected chi connectivity index (χ2v) is 6.53. The number of thiazole rings is 1. The quantitative estimate of drug-likeness (QED) is 0.588. The van der Waals surface area contributed by atoms with E-state index >= 15 is 0 Å². The lowest BCUT2D eigenvalue weighted by Gasteiger charge is -2.10. The molecule has 0 aliphatic rings. The number of hydrogen-bond acceptors (Lipinski definition) is 4. The first-order valence-electron chi connectivity index (χ1n) is 7.59. The first-order chi connectivity index (χ1) is 11.2. The van der Waals surface area contributed by atoms with Gasteiger partial charge in [-0.1, -0.05) is 32.0 Å². The molecule has 0 saturated carbocycles. The summed E-state index contributed by atoms with van der Waals surface area (Å²) < 4.78 is 11.7. The Morgan fingerprint density at radius 1 is 1.00 bits per heavy atom. The molecule has 2 aromatic carbocycles. The summed E-state index contributed by atoms with van der Waals surface area (Å²) in [6.07, 6.45) is 1.82. The van der Waals surface area contributed by atoms with E-state index in [2.05, 4.69) is 31.0 Å². The summed E-state index contributed by atoms with van der Waals surface area (Å²) in [5, 5.41) is 0. The van der Waals surface area contributed by atoms with Gasteiger partial charge in [0.1, 0.15) is 23.9 Å². The zero-order valence-electron chi connectivity index (χ0n) is 13.2. The monoisotopic (exact) mass is 325 g/mol. The Labute approximate surface area is 140 Å². The first kappa shape index (κ1) is 15.6. The number of aromatic nitrogens is 1. The number of benzene rings is 2. The lowest BCUT2D eigenvalue weighted by molar-refractivity contribution is 0.308. The van der Waals surface area contributed by atoms with E-state index in [-0.39, 0.29) is 0 Å². The minimum absolute atomic E-state index is 0.521. The standard InChI is InChI=1S/C19H19NO2S/c1-14(2)15-6-8-16(9-7-15)22-18-5-3-4-17(10-18)21-12-19-11-20-13-23-19/h3-11,13-14H,12H2,1-2H3. The second-order valence-electron chi connectivity index (χ2n) is 5.56. The number of ether oxygens (including phenoxy) is 2. The highest BCUT2D eigenvalue weighted by Crippen LogP contribution is 2.27. The maximum absolute atomic E-state index is 5.90. The molecule has 0 unspecified atom stereocenters. The maximum Gasteiger partial charge on any atom is 0.131 e. The highest BCUT2D eigenvalue weighted by molar-refractivity contribution is 7.09. The van der Waals surface area contributed by atoms with Crippen LogP contribution in [0.25, 0.3) is 0 Å². The van der Waals surface area contributed by atoms with Crippen molar-refractivity contribution in [3.8, 4) is 17.2 Å². The SMILES string of the molecule is CC(C)c1ccc(Oc2cccc(OCc3cncs3)c2)cc1. The minimum Gasteiger partial charge on any atom is -0.488 e. The molecule has 1 aromatic heterocycles. The number of hydrogen-bond donors (Lipinski definition) is 0. The smallest absolute Gasteiger partial charge is 0.131 e. The van der Waals surface area contributed by atoms with Gasteiger partial charge in [0.25, 0.3) is 0 Å². The van der Waals surface area contributed by atoms with Gasteiger partial charge < -0.3 is 9.47 Å². The van der Waals surface area contributed by atoms with E-state index in [0.29, 0.717) is 12.5 Å². The molecule has 0 bridgehead atoms. The van der Waals surface area contributed by atoms with Crippen LogP contribution in [0.1, 0.15) is 30.2 Å². The average Bonchev–Trinajstić information content (AvgIpc) is 3.07. The molecule has 0 aliphatic carbocycles. The highest BCUT2D eigenvalue weighted by Gasteiger charge is 2.03. The van der Waals surface area contributed by atoms with Gasteiger partial charge >= 0.3 is 0 Å². The van der Waals surface area contributed by atoms with E-state index in [1.54, 1.807) is 16.8 Å². The summed E-state index contributed by atoms with van der Waals surface area (Å²) in [6, 6.07) is 15.9. The molecule has 0 radical (unpaired) electrons. The lowest BCUT2D eigenvalue weighted by Crippen LogP contribution is -1.93. The summed E-state index contributed by atoms with van der Waals surface area (Å²) in [6.45, 7) is 4.89. The van der Waals surface area contributed by atoms with Crippen molar-refractivity contribution in [2.45, 2.75) is 26.4 Å². The minimum atomic E-state index is 0.521. The zero-order valence-corrected chi connectivity index (χ0v) is 14.0. The van der Waals surface area contributed by atoms with Gasteiger partial charge in [-0.15, -0.1) is 11.3 Å². The summed E-state index contributed by atoms with van der Waals surface area (Å²) >= 11 is 1.59. The Bertz CT molecular complexity index is 736. The van der Waals surface area contributed by atoms with E-state index in [1.165, 1.54) is 5.56 Å². The van der Waals surface area contributed by atoms with Crippen LogP contribution in [0.15, 0.2) is 60.2 Å². The summed E-state index contributed by atoms with van der Waals surface area (Å²) in [5.41, 5.74) is 3.11. The molecular formula is C19H19NO2S. The molecule has 4 heteroatoms. The normalized spacial score (nSPS) is 10.7. The summed E-state index contributed by atoms with van der Waals surface area (Å²) in [7, 11) is 0. The van der Waals surface area contributed by atoms with E-state index < -0.39 is 0 Å². The Hall–Kier alpha value is -2.33. The van der Waals surface area contributed by atoms with Crippen LogP contribution in [-0.4, -0.2) is 4.98 Å². The highest BCUT2D eigenvalue weighted by atomic mass is 32.1. The maximum atomic E-state index is 5.90. The van der Waals surface area contributed by atoms with Crippen molar-refractivity contribution in [2.24, 2.45) is 0 Å². The van der Waals surface area contributed by atoms with Crippen molar-refractivity contribution in [3.05, 3.63) is 70.7 Å². The Balaban J connectivity index is 1.64. The first-order valence-corrected chi connectivity index (χ1v) is 8.47. The lowest BCUT2D eigenvalue weighted by atomic mass is 10.0. The molecule has 0 atom stereocenters. The van der Waals surface area contributed by atoms with Crippen molar-refractivity contribution in [2.75, 3.05) is 0 Å². The van der Waals surface area contributed by atoms with Crippen LogP contribution >= 0.6 is 11.3 Å². The van der Waals surface area contributed by atoms with E-state index in [9.17, 15) is 0 Å². The van der Waals surface area contributed by atoms with E-state index in [0.717, 1.165) is 22.1 Å². The third-order valence-electron chi connectivity index (χ3n) is 3.45. The van der Waals surface area contributed by atoms with Crippen LogP contribution in [0.4, 0.5) is 0 Å². The van der Waals surface area contributed by atoms with Crippen LogP contribution in [0, 0.1) is 0 Å². The van der Waals surface area contributed by atoms with Crippen LogP contribution < -0.4 is 9.47 Å². The molecule has 118 valence electrons. The van der Waals surface area contributed by atoms with Crippen molar-refractivity contribution in [1.29, 1.82) is 0 Å². The molecule has 0 fully saturated rings. The van der Waals surface area contributed by atoms with Crippen LogP contribution in [0.3, 0.4) is 0 Å². The molecule has 1 heterocycles. The fourth-order valence-corrected chi connectivity index (χ4v) is 2.66. The third-order valence-corrected chi connectivity index (χ3v) is 4.21. The van der Waals surface area contributed by atoms with Gasteiger partial charge in [0.05, 0.1) is 10.4 Å². The van der Waals surface area contributed by atoms with Gasteiger partial charge in [0.2, 0.25) is 0 Å². The molecule has 0 saturated heterocycles. The van der Waals surface area contributed by atoms with Gasteiger partial charge in [-0.25, -0.2) is 0 Å². The van der Waals surface area contributed by atoms with Crippen LogP contribution in [0.5, 0.6) is 17.2 Å². The summed E-state index contributed by atoms with van der Waals surface area (Å²) in [5.74, 6) is 2.90. The van der Waals surface area contributed by atoms with E-state index in [1.807, 2.05) is 42.6 Å². The largest absolute Gasteiger partial charge is 0.488 e. The van der Waals surface area contributed by atoms with Crippen LogP contribution in [-0.2, 0) is 6.61 Å². The Morgan fingerprint density at radius 2 is 1.78 bits per heavy atom. The predicted molar refractivity (Wildman–Crippen MR) is 93.5 cm³/mol. The molecule has 3 aromatic rings. The van der Waals surface area contributed by atoms with E-state index in [4.69, 9.17) is 9.47 Å². The second kappa shape index (κ2) is 7.29. The molecule has 23 heavy (non-hydrogen) atoms. The zero-order chi connectivity index (χ0) is 16.1. The van der Waals surface area contributed by atoms with Crippen molar-refractivity contribution in [1.82, 2.24) is 4.98 Å². The van der Waals surface area contributed by atoms with Gasteiger partial charge in [0.15, 0.2) is 0 Å². The van der Waals surface area contributed by atoms with Gasteiger partial charge in [-0.2, -0.15) is 0 Å². The van der Waals surface area contributed by atoms with Crippen molar-refractivity contribution >= 4 is 11.3 Å². The molecule has 3 nitrogen and oxygen atoms in total. The number of rotatable bonds is 6. The Kier molecular flexibility index (Phi) is 4.93. The van der Waals surface area contributed by atoms with Crippen LogP contribution in [0.2, 0.25) is 0 Å². The molecule has 3 rings (SSSR count).